The maximum atomic E-state index is 11.6. The highest BCUT2D eigenvalue weighted by Crippen LogP contribution is 2.62. The van der Waals surface area contributed by atoms with Crippen molar-refractivity contribution in [3.63, 3.8) is 0 Å². The average molecular weight is 219 g/mol. The Morgan fingerprint density at radius 3 is 2.85 bits per heavy atom. The summed E-state index contributed by atoms with van der Waals surface area (Å²) in [5, 5.41) is 0. The number of halogens is 2. The minimum absolute atomic E-state index is 0.0158. The fourth-order valence-corrected chi connectivity index (χ4v) is 3.04. The van der Waals surface area contributed by atoms with Crippen LogP contribution in [-0.2, 0) is 4.79 Å². The lowest BCUT2D eigenvalue weighted by molar-refractivity contribution is -0.143. The molecule has 0 aromatic carbocycles. The Balaban J connectivity index is 2.33. The van der Waals surface area contributed by atoms with E-state index < -0.39 is 4.33 Å². The topological polar surface area (TPSA) is 17.1 Å². The molecule has 13 heavy (non-hydrogen) atoms. The third-order valence-corrected chi connectivity index (χ3v) is 4.68. The molecule has 0 amide bonds. The van der Waals surface area contributed by atoms with Gasteiger partial charge in [0.1, 0.15) is 0 Å². The Hall–Kier alpha value is -0.0100. The van der Waals surface area contributed by atoms with Crippen LogP contribution < -0.4 is 0 Å². The normalized spacial score (nSPS) is 42.1. The van der Waals surface area contributed by atoms with Crippen molar-refractivity contribution in [2.24, 2.45) is 11.3 Å². The Morgan fingerprint density at radius 1 is 1.46 bits per heavy atom. The minimum Gasteiger partial charge on any atom is -0.296 e. The van der Waals surface area contributed by atoms with Crippen LogP contribution in [0, 0.1) is 11.3 Å². The SMILES string of the molecule is C[C@]12CC=CCCC1C(=O)C2(Cl)Cl. The van der Waals surface area contributed by atoms with Gasteiger partial charge in [0.15, 0.2) is 10.1 Å². The fraction of sp³-hybridized carbons (Fsp3) is 0.700. The predicted octanol–water partition coefficient (Wildman–Crippen LogP) is 3.11. The molecule has 0 aliphatic heterocycles. The molecule has 0 spiro atoms. The van der Waals surface area contributed by atoms with Crippen LogP contribution in [0.3, 0.4) is 0 Å². The summed E-state index contributed by atoms with van der Waals surface area (Å²) in [6.07, 6.45) is 6.88. The predicted molar refractivity (Wildman–Crippen MR) is 54.0 cm³/mol. The van der Waals surface area contributed by atoms with Crippen molar-refractivity contribution >= 4 is 29.0 Å². The van der Waals surface area contributed by atoms with Crippen LogP contribution in [0.25, 0.3) is 0 Å². The van der Waals surface area contributed by atoms with E-state index in [-0.39, 0.29) is 17.1 Å². The molecule has 2 rings (SSSR count). The van der Waals surface area contributed by atoms with Gasteiger partial charge in [-0.25, -0.2) is 0 Å². The first-order valence-corrected chi connectivity index (χ1v) is 5.33. The van der Waals surface area contributed by atoms with Gasteiger partial charge in [-0.15, -0.1) is 0 Å². The van der Waals surface area contributed by atoms with Crippen LogP contribution in [0.5, 0.6) is 0 Å². The van der Waals surface area contributed by atoms with Gasteiger partial charge in [0.05, 0.1) is 0 Å². The number of rotatable bonds is 0. The number of hydrogen-bond donors (Lipinski definition) is 0. The first-order chi connectivity index (χ1) is 6.00. The number of allylic oxidation sites excluding steroid dienone is 2. The summed E-state index contributed by atoms with van der Waals surface area (Å²) in [7, 11) is 0. The van der Waals surface area contributed by atoms with Crippen LogP contribution in [-0.4, -0.2) is 10.1 Å². The summed E-state index contributed by atoms with van der Waals surface area (Å²) in [6, 6.07) is 0. The molecular weight excluding hydrogens is 207 g/mol. The number of ketones is 1. The Labute approximate surface area is 88.1 Å². The van der Waals surface area contributed by atoms with E-state index in [1.807, 2.05) is 6.92 Å². The number of fused-ring (bicyclic) bond motifs is 1. The molecule has 2 aliphatic rings. The number of carbonyl (C=O) groups is 1. The molecule has 0 N–H and O–H groups in total. The first kappa shape index (κ1) is 9.54. The Bertz CT molecular complexity index is 283. The number of hydrogen-bond acceptors (Lipinski definition) is 1. The monoisotopic (exact) mass is 218 g/mol. The summed E-state index contributed by atoms with van der Waals surface area (Å²) in [4.78, 5) is 11.6. The van der Waals surface area contributed by atoms with Crippen LogP contribution in [0.4, 0.5) is 0 Å². The molecule has 0 bridgehead atoms. The van der Waals surface area contributed by atoms with Gasteiger partial charge in [-0.2, -0.15) is 0 Å². The van der Waals surface area contributed by atoms with Gasteiger partial charge < -0.3 is 0 Å². The highest BCUT2D eigenvalue weighted by atomic mass is 35.5. The number of alkyl halides is 2. The lowest BCUT2D eigenvalue weighted by atomic mass is 9.57. The molecule has 1 nitrogen and oxygen atoms in total. The summed E-state index contributed by atoms with van der Waals surface area (Å²) >= 11 is 12.0. The van der Waals surface area contributed by atoms with E-state index in [2.05, 4.69) is 12.2 Å². The van der Waals surface area contributed by atoms with Crippen molar-refractivity contribution in [3.8, 4) is 0 Å². The zero-order chi connectivity index (χ0) is 9.69. The van der Waals surface area contributed by atoms with Crippen molar-refractivity contribution in [2.75, 3.05) is 0 Å². The quantitative estimate of drug-likeness (QED) is 0.452. The van der Waals surface area contributed by atoms with E-state index in [0.29, 0.717) is 0 Å². The van der Waals surface area contributed by atoms with Crippen LogP contribution >= 0.6 is 23.2 Å². The van der Waals surface area contributed by atoms with E-state index in [9.17, 15) is 4.79 Å². The Kier molecular flexibility index (Phi) is 2.01. The van der Waals surface area contributed by atoms with Crippen LogP contribution in [0.2, 0.25) is 0 Å². The average Bonchev–Trinajstić information content (AvgIpc) is 2.26. The second-order valence-electron chi connectivity index (χ2n) is 4.16. The van der Waals surface area contributed by atoms with Crippen LogP contribution in [0.1, 0.15) is 26.2 Å². The van der Waals surface area contributed by atoms with Gasteiger partial charge >= 0.3 is 0 Å². The molecule has 0 heterocycles. The molecule has 0 radical (unpaired) electrons. The number of Topliss-reactive ketones (excluding diaryl/α,β-unsaturated/α-hetero) is 1. The molecule has 1 unspecified atom stereocenters. The molecule has 2 aliphatic carbocycles. The van der Waals surface area contributed by atoms with Gasteiger partial charge in [0.2, 0.25) is 0 Å². The third kappa shape index (κ3) is 1.04. The first-order valence-electron chi connectivity index (χ1n) is 4.57. The van der Waals surface area contributed by atoms with E-state index in [0.717, 1.165) is 19.3 Å². The largest absolute Gasteiger partial charge is 0.296 e. The van der Waals surface area contributed by atoms with E-state index in [4.69, 9.17) is 23.2 Å². The Morgan fingerprint density at radius 2 is 2.15 bits per heavy atom. The van der Waals surface area contributed by atoms with Crippen molar-refractivity contribution in [3.05, 3.63) is 12.2 Å². The molecule has 2 atom stereocenters. The van der Waals surface area contributed by atoms with Crippen molar-refractivity contribution in [1.82, 2.24) is 0 Å². The minimum atomic E-state index is -1.15. The molecule has 72 valence electrons. The van der Waals surface area contributed by atoms with E-state index in [1.165, 1.54) is 0 Å². The molecule has 1 saturated carbocycles. The van der Waals surface area contributed by atoms with Gasteiger partial charge in [0.25, 0.3) is 0 Å². The van der Waals surface area contributed by atoms with Gasteiger partial charge in [-0.1, -0.05) is 42.3 Å². The van der Waals surface area contributed by atoms with Crippen molar-refractivity contribution in [1.29, 1.82) is 0 Å². The lowest BCUT2D eigenvalue weighted by Crippen LogP contribution is -2.63. The lowest BCUT2D eigenvalue weighted by Gasteiger charge is -2.54. The summed E-state index contributed by atoms with van der Waals surface area (Å²) in [5.74, 6) is 0.0829. The molecule has 3 heteroatoms. The van der Waals surface area contributed by atoms with Crippen LogP contribution in [0.15, 0.2) is 12.2 Å². The van der Waals surface area contributed by atoms with Gasteiger partial charge in [0, 0.05) is 11.3 Å². The second kappa shape index (κ2) is 2.74. The number of carbonyl (C=O) groups excluding carboxylic acids is 1. The van der Waals surface area contributed by atoms with Gasteiger partial charge in [-0.05, 0) is 19.3 Å². The zero-order valence-corrected chi connectivity index (χ0v) is 9.03. The summed E-state index contributed by atoms with van der Waals surface area (Å²) < 4.78 is -1.15. The zero-order valence-electron chi connectivity index (χ0n) is 7.52. The molecule has 0 aromatic rings. The third-order valence-electron chi connectivity index (χ3n) is 3.44. The summed E-state index contributed by atoms with van der Waals surface area (Å²) in [5.41, 5.74) is -0.236. The smallest absolute Gasteiger partial charge is 0.182 e. The second-order valence-corrected chi connectivity index (χ2v) is 5.49. The standard InChI is InChI=1S/C10H12Cl2O/c1-9-6-4-2-3-5-7(9)8(13)10(9,11)12/h2,4,7H,3,5-6H2,1H3/t7?,9-/m0/s1. The molecule has 0 saturated heterocycles. The molecule has 0 aromatic heterocycles. The highest BCUT2D eigenvalue weighted by Gasteiger charge is 2.67. The van der Waals surface area contributed by atoms with E-state index in [1.54, 1.807) is 0 Å². The molecular formula is C10H12Cl2O. The van der Waals surface area contributed by atoms with Crippen molar-refractivity contribution in [2.45, 2.75) is 30.5 Å². The summed E-state index contributed by atoms with van der Waals surface area (Å²) in [6.45, 7) is 2.01. The maximum Gasteiger partial charge on any atom is 0.182 e. The van der Waals surface area contributed by atoms with E-state index >= 15 is 0 Å². The van der Waals surface area contributed by atoms with Gasteiger partial charge in [-0.3, -0.25) is 4.79 Å². The molecule has 1 fully saturated rings. The van der Waals surface area contributed by atoms with Crippen molar-refractivity contribution < 1.29 is 4.79 Å². The fourth-order valence-electron chi connectivity index (χ4n) is 2.36. The highest BCUT2D eigenvalue weighted by molar-refractivity contribution is 6.61. The maximum absolute atomic E-state index is 11.6.